The first-order valence-corrected chi connectivity index (χ1v) is 25.9. The molecule has 62 heavy (non-hydrogen) atoms. The van der Waals surface area contributed by atoms with Crippen LogP contribution in [0.15, 0.2) is 72.9 Å². The van der Waals surface area contributed by atoms with Crippen molar-refractivity contribution >= 4 is 17.9 Å². The summed E-state index contributed by atoms with van der Waals surface area (Å²) in [6, 6.07) is 0. The van der Waals surface area contributed by atoms with Crippen molar-refractivity contribution in [2.75, 3.05) is 13.2 Å². The molecule has 0 aromatic rings. The summed E-state index contributed by atoms with van der Waals surface area (Å²) in [4.78, 5) is 37.9. The minimum atomic E-state index is -0.830. The maximum absolute atomic E-state index is 12.7. The minimum Gasteiger partial charge on any atom is -0.462 e. The summed E-state index contributed by atoms with van der Waals surface area (Å²) < 4.78 is 16.7. The maximum atomic E-state index is 12.7. The molecule has 356 valence electrons. The predicted molar refractivity (Wildman–Crippen MR) is 265 cm³/mol. The van der Waals surface area contributed by atoms with Gasteiger partial charge in [-0.25, -0.2) is 0 Å². The number of unbranched alkanes of at least 4 members (excludes halogenated alkanes) is 24. The third kappa shape index (κ3) is 47.9. The van der Waals surface area contributed by atoms with Gasteiger partial charge >= 0.3 is 17.9 Å². The van der Waals surface area contributed by atoms with Gasteiger partial charge in [0.2, 0.25) is 0 Å². The molecule has 0 saturated carbocycles. The van der Waals surface area contributed by atoms with Gasteiger partial charge in [0.25, 0.3) is 0 Å². The van der Waals surface area contributed by atoms with Crippen LogP contribution in [0.25, 0.3) is 0 Å². The van der Waals surface area contributed by atoms with E-state index in [-0.39, 0.29) is 31.6 Å². The molecule has 0 N–H and O–H groups in total. The van der Waals surface area contributed by atoms with Gasteiger partial charge in [-0.05, 0) is 70.6 Å². The van der Waals surface area contributed by atoms with E-state index in [0.29, 0.717) is 12.8 Å². The van der Waals surface area contributed by atoms with Crippen molar-refractivity contribution in [3.05, 3.63) is 72.9 Å². The highest BCUT2D eigenvalue weighted by Crippen LogP contribution is 2.14. The molecule has 6 heteroatoms. The van der Waals surface area contributed by atoms with Gasteiger partial charge in [0.1, 0.15) is 13.2 Å². The monoisotopic (exact) mass is 865 g/mol. The SMILES string of the molecule is CC/C=C\C/C=C\C/C=C\C/C=C\C/C=C\CC(=O)OC(COC(=O)CCCCCCC/C=C\CCCCCCCCC)COC(=O)CCCCCCCCCCCCCCC. The lowest BCUT2D eigenvalue weighted by Crippen LogP contribution is -2.30. The first kappa shape index (κ1) is 58.9. The standard InChI is InChI=1S/C56H96O6/c1-4-7-10-13-16-19-22-25-27-29-31-34-37-40-43-46-49-55(58)61-52-53(51-60-54(57)48-45-42-39-36-33-30-24-21-18-15-12-9-6-3)62-56(59)50-47-44-41-38-35-32-28-26-23-20-17-14-11-8-5-2/h8,11,17,20,26-29,35,38,44,47,53H,4-7,9-10,12-16,18-19,21-25,30-34,36-37,39-43,45-46,48-52H2,1-3H3/b11-8-,20-17-,28-26-,29-27-,38-35-,47-44-. The highest BCUT2D eigenvalue weighted by molar-refractivity contribution is 5.72. The van der Waals surface area contributed by atoms with Crippen LogP contribution in [0.4, 0.5) is 0 Å². The first-order chi connectivity index (χ1) is 30.5. The molecule has 0 aromatic heterocycles. The molecular formula is C56H96O6. The molecule has 0 amide bonds. The number of hydrogen-bond acceptors (Lipinski definition) is 6. The molecule has 0 radical (unpaired) electrons. The van der Waals surface area contributed by atoms with Crippen molar-refractivity contribution in [3.8, 4) is 0 Å². The van der Waals surface area contributed by atoms with Gasteiger partial charge in [-0.15, -0.1) is 0 Å². The lowest BCUT2D eigenvalue weighted by molar-refractivity contribution is -0.166. The molecule has 0 spiro atoms. The van der Waals surface area contributed by atoms with Crippen molar-refractivity contribution in [1.82, 2.24) is 0 Å². The van der Waals surface area contributed by atoms with Crippen LogP contribution >= 0.6 is 0 Å². The van der Waals surface area contributed by atoms with Gasteiger partial charge < -0.3 is 14.2 Å². The fraction of sp³-hybridized carbons (Fsp3) is 0.732. The topological polar surface area (TPSA) is 78.9 Å². The average molecular weight is 865 g/mol. The summed E-state index contributed by atoms with van der Waals surface area (Å²) >= 11 is 0. The zero-order valence-electron chi connectivity index (χ0n) is 40.6. The van der Waals surface area contributed by atoms with Crippen molar-refractivity contribution in [2.45, 2.75) is 252 Å². The van der Waals surface area contributed by atoms with Crippen molar-refractivity contribution in [3.63, 3.8) is 0 Å². The fourth-order valence-corrected chi connectivity index (χ4v) is 7.10. The van der Waals surface area contributed by atoms with E-state index >= 15 is 0 Å². The molecule has 0 aliphatic rings. The molecule has 0 heterocycles. The number of ether oxygens (including phenoxy) is 3. The summed E-state index contributed by atoms with van der Waals surface area (Å²) in [7, 11) is 0. The van der Waals surface area contributed by atoms with E-state index in [1.54, 1.807) is 6.08 Å². The lowest BCUT2D eigenvalue weighted by Gasteiger charge is -2.18. The molecule has 1 unspecified atom stereocenters. The molecular weight excluding hydrogens is 769 g/mol. The lowest BCUT2D eigenvalue weighted by atomic mass is 10.0. The zero-order valence-corrected chi connectivity index (χ0v) is 40.6. The second kappa shape index (κ2) is 50.5. The Bertz CT molecular complexity index is 1180. The second-order valence-corrected chi connectivity index (χ2v) is 17.1. The third-order valence-corrected chi connectivity index (χ3v) is 11.0. The van der Waals surface area contributed by atoms with E-state index in [1.165, 1.54) is 122 Å². The van der Waals surface area contributed by atoms with E-state index in [4.69, 9.17) is 14.2 Å². The normalized spacial score (nSPS) is 12.6. The number of esters is 3. The number of hydrogen-bond donors (Lipinski definition) is 0. The molecule has 0 aliphatic heterocycles. The Kier molecular flexibility index (Phi) is 47.9. The van der Waals surface area contributed by atoms with Crippen LogP contribution in [0.1, 0.15) is 245 Å². The molecule has 0 aromatic carbocycles. The number of carbonyl (C=O) groups is 3. The smallest absolute Gasteiger partial charge is 0.310 e. The molecule has 0 rings (SSSR count). The zero-order chi connectivity index (χ0) is 45.1. The molecule has 0 fully saturated rings. The Morgan fingerprint density at radius 2 is 0.677 bits per heavy atom. The van der Waals surface area contributed by atoms with E-state index in [0.717, 1.165) is 83.5 Å². The summed E-state index contributed by atoms with van der Waals surface area (Å²) in [5.41, 5.74) is 0. The van der Waals surface area contributed by atoms with Crippen LogP contribution < -0.4 is 0 Å². The van der Waals surface area contributed by atoms with E-state index in [1.807, 2.05) is 6.08 Å². The summed E-state index contributed by atoms with van der Waals surface area (Å²) in [6.45, 7) is 6.43. The van der Waals surface area contributed by atoms with Crippen LogP contribution in [0, 0.1) is 0 Å². The maximum Gasteiger partial charge on any atom is 0.310 e. The minimum absolute atomic E-state index is 0.0971. The van der Waals surface area contributed by atoms with E-state index in [2.05, 4.69) is 81.5 Å². The van der Waals surface area contributed by atoms with Crippen LogP contribution in [-0.4, -0.2) is 37.2 Å². The highest BCUT2D eigenvalue weighted by Gasteiger charge is 2.19. The molecule has 0 bridgehead atoms. The quantitative estimate of drug-likeness (QED) is 0.0262. The number of allylic oxidation sites excluding steroid dienone is 11. The van der Waals surface area contributed by atoms with Gasteiger partial charge in [0.05, 0.1) is 6.42 Å². The van der Waals surface area contributed by atoms with Crippen molar-refractivity contribution in [2.24, 2.45) is 0 Å². The van der Waals surface area contributed by atoms with E-state index < -0.39 is 12.1 Å². The Morgan fingerprint density at radius 1 is 0.355 bits per heavy atom. The van der Waals surface area contributed by atoms with Gasteiger partial charge in [-0.2, -0.15) is 0 Å². The predicted octanol–water partition coefficient (Wildman–Crippen LogP) is 17.0. The summed E-state index contributed by atoms with van der Waals surface area (Å²) in [6.07, 6.45) is 63.4. The summed E-state index contributed by atoms with van der Waals surface area (Å²) in [5.74, 6) is -1.05. The van der Waals surface area contributed by atoms with E-state index in [9.17, 15) is 14.4 Å². The Balaban J connectivity index is 4.50. The van der Waals surface area contributed by atoms with Gasteiger partial charge in [0.15, 0.2) is 6.10 Å². The molecule has 6 nitrogen and oxygen atoms in total. The Hall–Kier alpha value is -3.15. The van der Waals surface area contributed by atoms with Gasteiger partial charge in [-0.3, -0.25) is 14.4 Å². The highest BCUT2D eigenvalue weighted by atomic mass is 16.6. The van der Waals surface area contributed by atoms with Crippen LogP contribution in [0.5, 0.6) is 0 Å². The third-order valence-electron chi connectivity index (χ3n) is 11.0. The fourth-order valence-electron chi connectivity index (χ4n) is 7.10. The average Bonchev–Trinajstić information content (AvgIpc) is 3.27. The number of rotatable bonds is 46. The largest absolute Gasteiger partial charge is 0.462 e. The molecule has 1 atom stereocenters. The Morgan fingerprint density at radius 3 is 1.05 bits per heavy atom. The van der Waals surface area contributed by atoms with Crippen molar-refractivity contribution < 1.29 is 28.6 Å². The molecule has 0 aliphatic carbocycles. The first-order valence-electron chi connectivity index (χ1n) is 25.9. The van der Waals surface area contributed by atoms with Gasteiger partial charge in [0, 0.05) is 12.8 Å². The van der Waals surface area contributed by atoms with Gasteiger partial charge in [-0.1, -0.05) is 229 Å². The second-order valence-electron chi connectivity index (χ2n) is 17.1. The Labute approximate surface area is 382 Å². The molecule has 0 saturated heterocycles. The van der Waals surface area contributed by atoms with Crippen LogP contribution in [0.2, 0.25) is 0 Å². The van der Waals surface area contributed by atoms with Crippen molar-refractivity contribution in [1.29, 1.82) is 0 Å². The number of carbonyl (C=O) groups excluding carboxylic acids is 3. The van der Waals surface area contributed by atoms with Crippen LogP contribution in [-0.2, 0) is 28.6 Å². The van der Waals surface area contributed by atoms with Crippen LogP contribution in [0.3, 0.4) is 0 Å². The summed E-state index contributed by atoms with van der Waals surface area (Å²) in [5, 5.41) is 0.